The number of amides is 1. The van der Waals surface area contributed by atoms with Crippen molar-refractivity contribution in [1.29, 1.82) is 0 Å². The van der Waals surface area contributed by atoms with Crippen LogP contribution in [0.1, 0.15) is 28.7 Å². The molecule has 0 spiro atoms. The second kappa shape index (κ2) is 6.41. The third kappa shape index (κ3) is 3.22. The minimum Gasteiger partial charge on any atom is -0.508 e. The number of hydrogen-bond donors (Lipinski definition) is 1. The first-order chi connectivity index (χ1) is 10.1. The number of aryl methyl sites for hydroxylation is 1. The highest BCUT2D eigenvalue weighted by atomic mass is 16.5. The number of ether oxygens (including phenoxy) is 1. The molecule has 1 N–H and O–H groups in total. The summed E-state index contributed by atoms with van der Waals surface area (Å²) in [5.41, 5.74) is 1.76. The molecule has 0 bridgehead atoms. The Morgan fingerprint density at radius 2 is 2.19 bits per heavy atom. The summed E-state index contributed by atoms with van der Waals surface area (Å²) in [4.78, 5) is 14.1. The lowest BCUT2D eigenvalue weighted by Crippen LogP contribution is -2.31. The molecule has 1 aromatic carbocycles. The topological polar surface area (TPSA) is 75.8 Å². The normalized spacial score (nSPS) is 10.6. The number of phenolic OH excluding ortho intramolecular Hbond substituents is 1. The number of anilines is 1. The summed E-state index contributed by atoms with van der Waals surface area (Å²) in [7, 11) is 1.54. The molecule has 0 aliphatic heterocycles. The number of hydrogen-bond acceptors (Lipinski definition) is 5. The van der Waals surface area contributed by atoms with Gasteiger partial charge in [0.05, 0.1) is 5.69 Å². The molecular weight excluding hydrogens is 272 g/mol. The molecule has 112 valence electrons. The predicted octanol–water partition coefficient (Wildman–Crippen LogP) is 2.50. The van der Waals surface area contributed by atoms with Crippen molar-refractivity contribution in [3.8, 4) is 5.75 Å². The maximum atomic E-state index is 12.5. The number of benzene rings is 1. The Labute approximate surface area is 122 Å². The Bertz CT molecular complexity index is 636. The van der Waals surface area contributed by atoms with Gasteiger partial charge in [-0.1, -0.05) is 11.2 Å². The van der Waals surface area contributed by atoms with Gasteiger partial charge in [-0.25, -0.2) is 0 Å². The van der Waals surface area contributed by atoms with Crippen molar-refractivity contribution >= 4 is 11.6 Å². The monoisotopic (exact) mass is 290 g/mol. The number of aromatic nitrogens is 1. The van der Waals surface area contributed by atoms with Gasteiger partial charge in [0.15, 0.2) is 11.5 Å². The maximum Gasteiger partial charge on any atom is 0.280 e. The maximum absolute atomic E-state index is 12.5. The molecule has 0 radical (unpaired) electrons. The molecule has 21 heavy (non-hydrogen) atoms. The largest absolute Gasteiger partial charge is 0.508 e. The van der Waals surface area contributed by atoms with Gasteiger partial charge < -0.3 is 19.3 Å². The van der Waals surface area contributed by atoms with Crippen molar-refractivity contribution < 1.29 is 19.2 Å². The Kier molecular flexibility index (Phi) is 4.59. The van der Waals surface area contributed by atoms with E-state index in [1.807, 2.05) is 13.8 Å². The summed E-state index contributed by atoms with van der Waals surface area (Å²) in [5.74, 6) is 0.323. The zero-order valence-corrected chi connectivity index (χ0v) is 12.3. The van der Waals surface area contributed by atoms with Crippen molar-refractivity contribution in [1.82, 2.24) is 5.16 Å². The number of rotatable bonds is 5. The van der Waals surface area contributed by atoms with Crippen LogP contribution in [0.2, 0.25) is 0 Å². The third-order valence-corrected chi connectivity index (χ3v) is 3.11. The lowest BCUT2D eigenvalue weighted by molar-refractivity contribution is 0.0978. The van der Waals surface area contributed by atoms with Gasteiger partial charge in [0.2, 0.25) is 0 Å². The minimum atomic E-state index is -0.280. The van der Waals surface area contributed by atoms with E-state index in [0.29, 0.717) is 18.0 Å². The minimum absolute atomic E-state index is 0.113. The van der Waals surface area contributed by atoms with E-state index in [4.69, 9.17) is 9.26 Å². The van der Waals surface area contributed by atoms with Crippen LogP contribution in [-0.4, -0.2) is 29.8 Å². The van der Waals surface area contributed by atoms with Crippen LogP contribution in [0.5, 0.6) is 5.75 Å². The van der Waals surface area contributed by atoms with Gasteiger partial charge in [0, 0.05) is 25.8 Å². The van der Waals surface area contributed by atoms with Crippen LogP contribution in [0.15, 0.2) is 28.8 Å². The zero-order chi connectivity index (χ0) is 15.4. The van der Waals surface area contributed by atoms with Crippen LogP contribution in [0, 0.1) is 6.92 Å². The van der Waals surface area contributed by atoms with Crippen molar-refractivity contribution in [2.24, 2.45) is 0 Å². The standard InChI is InChI=1S/C15H18N2O4/c1-4-17(14-7-11(18)6-5-10(14)2)15(19)13-8-12(9-20-3)21-16-13/h5-8,18H,4,9H2,1-3H3. The number of nitrogens with zero attached hydrogens (tertiary/aromatic N) is 2. The molecule has 6 nitrogen and oxygen atoms in total. The number of carbonyl (C=O) groups excluding carboxylic acids is 1. The smallest absolute Gasteiger partial charge is 0.280 e. The molecule has 6 heteroatoms. The van der Waals surface area contributed by atoms with E-state index in [1.54, 1.807) is 36.3 Å². The first-order valence-corrected chi connectivity index (χ1v) is 6.62. The molecule has 2 rings (SSSR count). The fraction of sp³-hybridized carbons (Fsp3) is 0.333. The van der Waals surface area contributed by atoms with Gasteiger partial charge >= 0.3 is 0 Å². The van der Waals surface area contributed by atoms with Crippen LogP contribution in [0.4, 0.5) is 5.69 Å². The second-order valence-corrected chi connectivity index (χ2v) is 4.63. The Balaban J connectivity index is 2.31. The van der Waals surface area contributed by atoms with Crippen molar-refractivity contribution in [3.05, 3.63) is 41.3 Å². The highest BCUT2D eigenvalue weighted by Crippen LogP contribution is 2.26. The quantitative estimate of drug-likeness (QED) is 0.915. The molecule has 0 atom stereocenters. The molecule has 1 aromatic heterocycles. The number of methoxy groups -OCH3 is 1. The molecule has 2 aromatic rings. The van der Waals surface area contributed by atoms with E-state index in [2.05, 4.69) is 5.16 Å². The van der Waals surface area contributed by atoms with Crippen molar-refractivity contribution in [2.75, 3.05) is 18.6 Å². The Morgan fingerprint density at radius 1 is 1.43 bits per heavy atom. The third-order valence-electron chi connectivity index (χ3n) is 3.11. The lowest BCUT2D eigenvalue weighted by atomic mass is 10.1. The molecule has 0 saturated heterocycles. The number of carbonyl (C=O) groups is 1. The fourth-order valence-electron chi connectivity index (χ4n) is 2.07. The van der Waals surface area contributed by atoms with Crippen LogP contribution in [0.25, 0.3) is 0 Å². The van der Waals surface area contributed by atoms with Crippen LogP contribution >= 0.6 is 0 Å². The van der Waals surface area contributed by atoms with Crippen molar-refractivity contribution in [3.63, 3.8) is 0 Å². The molecular formula is C15H18N2O4. The van der Waals surface area contributed by atoms with Gasteiger partial charge in [0.25, 0.3) is 5.91 Å². The predicted molar refractivity (Wildman–Crippen MR) is 77.4 cm³/mol. The fourth-order valence-corrected chi connectivity index (χ4v) is 2.07. The van der Waals surface area contributed by atoms with Crippen LogP contribution in [0.3, 0.4) is 0 Å². The summed E-state index contributed by atoms with van der Waals surface area (Å²) >= 11 is 0. The first kappa shape index (κ1) is 15.1. The van der Waals surface area contributed by atoms with E-state index >= 15 is 0 Å². The average Bonchev–Trinajstić information content (AvgIpc) is 2.92. The van der Waals surface area contributed by atoms with Gasteiger partial charge in [-0.3, -0.25) is 4.79 Å². The van der Waals surface area contributed by atoms with E-state index < -0.39 is 0 Å². The van der Waals surface area contributed by atoms with E-state index in [1.165, 1.54) is 0 Å². The molecule has 0 unspecified atom stereocenters. The summed E-state index contributed by atoms with van der Waals surface area (Å²) < 4.78 is 9.97. The molecule has 0 aliphatic rings. The summed E-state index contributed by atoms with van der Waals surface area (Å²) in [6, 6.07) is 6.48. The van der Waals surface area contributed by atoms with Crippen molar-refractivity contribution in [2.45, 2.75) is 20.5 Å². The molecule has 1 heterocycles. The highest BCUT2D eigenvalue weighted by Gasteiger charge is 2.21. The average molecular weight is 290 g/mol. The van der Waals surface area contributed by atoms with Gasteiger partial charge in [-0.05, 0) is 25.5 Å². The lowest BCUT2D eigenvalue weighted by Gasteiger charge is -2.22. The number of aromatic hydroxyl groups is 1. The van der Waals surface area contributed by atoms with Gasteiger partial charge in [0.1, 0.15) is 12.4 Å². The molecule has 0 aliphatic carbocycles. The van der Waals surface area contributed by atoms with E-state index in [0.717, 1.165) is 5.56 Å². The first-order valence-electron chi connectivity index (χ1n) is 6.62. The molecule has 1 amide bonds. The van der Waals surface area contributed by atoms with Crippen LogP contribution < -0.4 is 4.90 Å². The van der Waals surface area contributed by atoms with Crippen LogP contribution in [-0.2, 0) is 11.3 Å². The summed E-state index contributed by atoms with van der Waals surface area (Å²) in [5, 5.41) is 13.4. The SMILES string of the molecule is CCN(C(=O)c1cc(COC)on1)c1cc(O)ccc1C. The highest BCUT2D eigenvalue weighted by molar-refractivity contribution is 6.05. The Morgan fingerprint density at radius 3 is 2.86 bits per heavy atom. The molecule has 0 saturated carbocycles. The number of phenols is 1. The van der Waals surface area contributed by atoms with E-state index in [-0.39, 0.29) is 24.0 Å². The van der Waals surface area contributed by atoms with E-state index in [9.17, 15) is 9.90 Å². The Hall–Kier alpha value is -2.34. The zero-order valence-electron chi connectivity index (χ0n) is 12.3. The van der Waals surface area contributed by atoms with Gasteiger partial charge in [-0.15, -0.1) is 0 Å². The summed E-state index contributed by atoms with van der Waals surface area (Å²) in [6.45, 7) is 4.45. The molecule has 0 fully saturated rings. The van der Waals surface area contributed by atoms with Gasteiger partial charge in [-0.2, -0.15) is 0 Å². The summed E-state index contributed by atoms with van der Waals surface area (Å²) in [6.07, 6.45) is 0. The second-order valence-electron chi connectivity index (χ2n) is 4.63.